The van der Waals surface area contributed by atoms with Gasteiger partial charge in [-0.2, -0.15) is 4.98 Å². The van der Waals surface area contributed by atoms with Crippen molar-refractivity contribution in [2.24, 2.45) is 0 Å². The largest absolute Gasteiger partial charge is 0.493 e. The fourth-order valence-corrected chi connectivity index (χ4v) is 6.02. The van der Waals surface area contributed by atoms with Gasteiger partial charge in [-0.15, -0.1) is 0 Å². The van der Waals surface area contributed by atoms with E-state index < -0.39 is 43.1 Å². The average Bonchev–Trinajstić information content (AvgIpc) is 2.96. The maximum Gasteiger partial charge on any atom is 0.477 e. The van der Waals surface area contributed by atoms with E-state index in [2.05, 4.69) is 32.5 Å². The molecule has 48 heavy (non-hydrogen) atoms. The number of carbonyl (C=O) groups excluding carboxylic acids is 1. The molecule has 1 atom stereocenters. The molecule has 0 spiro atoms. The van der Waals surface area contributed by atoms with E-state index in [0.29, 0.717) is 22.9 Å². The summed E-state index contributed by atoms with van der Waals surface area (Å²) in [5.74, 6) is -0.462. The van der Waals surface area contributed by atoms with Crippen LogP contribution in [0.15, 0.2) is 30.5 Å². The first-order chi connectivity index (χ1) is 22.3. The number of anilines is 5. The molecule has 3 aromatic rings. The number of benzene rings is 1. The summed E-state index contributed by atoms with van der Waals surface area (Å²) in [5.41, 5.74) is -2.87. The zero-order chi connectivity index (χ0) is 35.7. The molecular weight excluding hydrogens is 650 g/mol. The Labute approximate surface area is 279 Å². The van der Waals surface area contributed by atoms with Crippen LogP contribution in [0.3, 0.4) is 0 Å². The summed E-state index contributed by atoms with van der Waals surface area (Å²) < 4.78 is 68.9. The number of phosphoric acid groups is 1. The lowest BCUT2D eigenvalue weighted by Crippen LogP contribution is -2.46. The van der Waals surface area contributed by atoms with Crippen LogP contribution < -0.4 is 34.5 Å². The number of pyridine rings is 1. The van der Waals surface area contributed by atoms with Crippen LogP contribution in [0, 0.1) is 12.7 Å². The minimum absolute atomic E-state index is 0.0275. The SMILES string of the molecule is [CH2+]C1(C)Oc2ccc(N(COP(=O)(OC(C)(C)C)OC(C)(C)C)c3nc(Nc4cc(OC)c(OC)c(OC)c4)ncc3F)nc2NC1=O. The van der Waals surface area contributed by atoms with E-state index in [1.807, 2.05) is 0 Å². The monoisotopic (exact) mass is 691 g/mol. The highest BCUT2D eigenvalue weighted by Gasteiger charge is 2.43. The average molecular weight is 692 g/mol. The fraction of sp³-hybridized carbons (Fsp3) is 0.452. The van der Waals surface area contributed by atoms with E-state index in [0.717, 1.165) is 6.20 Å². The number of nitrogens with one attached hydrogen (secondary N) is 2. The molecule has 1 unspecified atom stereocenters. The van der Waals surface area contributed by atoms with Gasteiger partial charge in [0.25, 0.3) is 0 Å². The smallest absolute Gasteiger partial charge is 0.477 e. The number of phosphoric ester groups is 1. The molecule has 0 fully saturated rings. The van der Waals surface area contributed by atoms with Crippen molar-refractivity contribution >= 4 is 42.8 Å². The van der Waals surface area contributed by atoms with Crippen molar-refractivity contribution in [3.05, 3.63) is 43.2 Å². The van der Waals surface area contributed by atoms with Gasteiger partial charge in [0.15, 0.2) is 34.7 Å². The lowest BCUT2D eigenvalue weighted by molar-refractivity contribution is -0.127. The van der Waals surface area contributed by atoms with Gasteiger partial charge < -0.3 is 24.3 Å². The molecule has 0 bridgehead atoms. The highest BCUT2D eigenvalue weighted by Crippen LogP contribution is 2.56. The zero-order valence-electron chi connectivity index (χ0n) is 28.6. The third-order valence-electron chi connectivity index (χ3n) is 6.19. The van der Waals surface area contributed by atoms with Gasteiger partial charge in [-0.1, -0.05) is 0 Å². The summed E-state index contributed by atoms with van der Waals surface area (Å²) in [4.78, 5) is 26.7. The second-order valence-corrected chi connectivity index (χ2v) is 14.3. The van der Waals surface area contributed by atoms with E-state index in [1.54, 1.807) is 53.7 Å². The number of aromatic nitrogens is 3. The summed E-state index contributed by atoms with van der Waals surface area (Å²) in [6, 6.07) is 6.22. The minimum atomic E-state index is -4.31. The number of hydrogen-bond donors (Lipinski definition) is 2. The highest BCUT2D eigenvalue weighted by atomic mass is 31.2. The van der Waals surface area contributed by atoms with Crippen molar-refractivity contribution in [1.29, 1.82) is 0 Å². The molecule has 1 aliphatic heterocycles. The first-order valence-electron chi connectivity index (χ1n) is 14.7. The number of methoxy groups -OCH3 is 3. The van der Waals surface area contributed by atoms with E-state index in [1.165, 1.54) is 45.3 Å². The van der Waals surface area contributed by atoms with Crippen LogP contribution in [0.5, 0.6) is 23.0 Å². The Morgan fingerprint density at radius 3 is 2.17 bits per heavy atom. The molecule has 0 saturated carbocycles. The normalized spacial score (nSPS) is 16.4. The molecule has 4 rings (SSSR count). The quantitative estimate of drug-likeness (QED) is 0.119. The minimum Gasteiger partial charge on any atom is -0.493 e. The summed E-state index contributed by atoms with van der Waals surface area (Å²) >= 11 is 0. The first-order valence-corrected chi connectivity index (χ1v) is 16.1. The van der Waals surface area contributed by atoms with Crippen molar-refractivity contribution in [2.45, 2.75) is 65.3 Å². The molecular formula is C31H41FN6O9P+. The van der Waals surface area contributed by atoms with Gasteiger partial charge >= 0.3 is 19.3 Å². The first kappa shape index (κ1) is 36.5. The van der Waals surface area contributed by atoms with Gasteiger partial charge in [0, 0.05) is 24.7 Å². The topological polar surface area (TPSA) is 165 Å². The van der Waals surface area contributed by atoms with Crippen LogP contribution in [0.4, 0.5) is 33.5 Å². The third-order valence-corrected chi connectivity index (χ3v) is 8.16. The molecule has 1 amide bonds. The Kier molecular flexibility index (Phi) is 10.4. The van der Waals surface area contributed by atoms with Crippen LogP contribution in [0.2, 0.25) is 0 Å². The number of amides is 1. The molecule has 2 aromatic heterocycles. The predicted molar refractivity (Wildman–Crippen MR) is 176 cm³/mol. The molecule has 0 radical (unpaired) electrons. The van der Waals surface area contributed by atoms with Gasteiger partial charge in [-0.3, -0.25) is 28.6 Å². The number of hydrogen-bond acceptors (Lipinski definition) is 14. The van der Waals surface area contributed by atoms with Crippen LogP contribution in [-0.2, 0) is 22.9 Å². The van der Waals surface area contributed by atoms with Crippen molar-refractivity contribution in [3.63, 3.8) is 0 Å². The van der Waals surface area contributed by atoms with E-state index >= 15 is 4.39 Å². The Balaban J connectivity index is 1.79. The molecule has 1 aliphatic rings. The van der Waals surface area contributed by atoms with Crippen molar-refractivity contribution in [2.75, 3.05) is 43.6 Å². The summed E-state index contributed by atoms with van der Waals surface area (Å²) in [6.45, 7) is 14.7. The Hall–Kier alpha value is -4.37. The number of rotatable bonds is 12. The number of nitrogens with zero attached hydrogens (tertiary/aromatic N) is 4. The van der Waals surface area contributed by atoms with Gasteiger partial charge in [-0.05, 0) is 53.7 Å². The highest BCUT2D eigenvalue weighted by molar-refractivity contribution is 7.48. The molecule has 0 saturated heterocycles. The number of carbonyl (C=O) groups is 1. The molecule has 1 aromatic carbocycles. The standard InChI is InChI=1S/C31H40FN6O9P/c1-29(2,3)46-48(40,47-30(4,5)6)44-17-38(23-13-12-20-25(35-23)36-27(39)31(7,8)45-20)26-19(32)16-33-28(37-26)34-18-14-21(41-9)24(43-11)22(15-18)42-10/h12-16H,7,17H2,1-6,8-11H3,(H-,33,34,35,36,37,39)/p+1. The van der Waals surface area contributed by atoms with Crippen molar-refractivity contribution in [3.8, 4) is 23.0 Å². The molecule has 0 aliphatic carbocycles. The van der Waals surface area contributed by atoms with Gasteiger partial charge in [0.05, 0.1) is 38.7 Å². The predicted octanol–water partition coefficient (Wildman–Crippen LogP) is 6.55. The van der Waals surface area contributed by atoms with Crippen LogP contribution in [0.25, 0.3) is 0 Å². The van der Waals surface area contributed by atoms with Gasteiger partial charge in [-0.25, -0.2) is 18.9 Å². The molecule has 3 heterocycles. The lowest BCUT2D eigenvalue weighted by atomic mass is 10.1. The zero-order valence-corrected chi connectivity index (χ0v) is 29.5. The molecule has 17 heteroatoms. The Bertz CT molecular complexity index is 1670. The van der Waals surface area contributed by atoms with Crippen LogP contribution in [0.1, 0.15) is 48.5 Å². The Morgan fingerprint density at radius 2 is 1.62 bits per heavy atom. The number of fused-ring (bicyclic) bond motifs is 1. The maximum absolute atomic E-state index is 15.7. The van der Waals surface area contributed by atoms with Gasteiger partial charge in [0.2, 0.25) is 11.7 Å². The van der Waals surface area contributed by atoms with E-state index in [4.69, 9.17) is 32.5 Å². The van der Waals surface area contributed by atoms with Gasteiger partial charge in [0.1, 0.15) is 19.5 Å². The molecule has 260 valence electrons. The lowest BCUT2D eigenvalue weighted by Gasteiger charge is -2.33. The second kappa shape index (κ2) is 13.6. The summed E-state index contributed by atoms with van der Waals surface area (Å²) in [5, 5.41) is 5.64. The van der Waals surface area contributed by atoms with E-state index in [-0.39, 0.29) is 29.2 Å². The van der Waals surface area contributed by atoms with Crippen molar-refractivity contribution < 1.29 is 46.3 Å². The summed E-state index contributed by atoms with van der Waals surface area (Å²) in [7, 11) is 0.0968. The van der Waals surface area contributed by atoms with Crippen LogP contribution >= 0.6 is 7.82 Å². The fourth-order valence-electron chi connectivity index (χ4n) is 4.28. The van der Waals surface area contributed by atoms with Crippen molar-refractivity contribution in [1.82, 2.24) is 15.0 Å². The van der Waals surface area contributed by atoms with E-state index in [9.17, 15) is 9.36 Å². The Morgan fingerprint density at radius 1 is 1.02 bits per heavy atom. The molecule has 2 N–H and O–H groups in total. The second-order valence-electron chi connectivity index (χ2n) is 12.7. The third kappa shape index (κ3) is 8.75. The number of halogens is 1. The maximum atomic E-state index is 15.7. The van der Waals surface area contributed by atoms with Crippen LogP contribution in [-0.4, -0.2) is 65.7 Å². The number of ether oxygens (including phenoxy) is 4. The summed E-state index contributed by atoms with van der Waals surface area (Å²) in [6.07, 6.45) is 0.935. The molecule has 15 nitrogen and oxygen atoms in total.